The molecule has 0 saturated heterocycles. The fourth-order valence-corrected chi connectivity index (χ4v) is 1.87. The first-order valence-electron chi connectivity index (χ1n) is 5.75. The zero-order valence-corrected chi connectivity index (χ0v) is 12.1. The third-order valence-corrected chi connectivity index (χ3v) is 3.40. The molecule has 0 fully saturated rings. The zero-order valence-electron chi connectivity index (χ0n) is 10.6. The van der Waals surface area contributed by atoms with Crippen molar-refractivity contribution in [1.29, 1.82) is 0 Å². The van der Waals surface area contributed by atoms with Crippen LogP contribution >= 0.6 is 23.2 Å². The molecule has 2 rings (SSSR count). The van der Waals surface area contributed by atoms with E-state index in [1.54, 1.807) is 6.07 Å². The molecule has 0 saturated carbocycles. The summed E-state index contributed by atoms with van der Waals surface area (Å²) in [5.41, 5.74) is 1.01. The van der Waals surface area contributed by atoms with Crippen LogP contribution < -0.4 is 10.9 Å². The minimum Gasteiger partial charge on any atom is -0.324 e. The summed E-state index contributed by atoms with van der Waals surface area (Å²) >= 11 is 11.4. The first-order valence-corrected chi connectivity index (χ1v) is 6.51. The molecule has 2 aromatic rings. The summed E-state index contributed by atoms with van der Waals surface area (Å²) < 4.78 is 0.960. The number of rotatable bonds is 3. The fourth-order valence-electron chi connectivity index (χ4n) is 1.60. The highest BCUT2D eigenvalue weighted by Gasteiger charge is 2.11. The number of carbonyl (C=O) groups excluding carboxylic acids is 1. The van der Waals surface area contributed by atoms with E-state index in [4.69, 9.17) is 23.2 Å². The molecule has 1 amide bonds. The van der Waals surface area contributed by atoms with Gasteiger partial charge in [0.05, 0.1) is 11.2 Å². The highest BCUT2D eigenvalue weighted by Crippen LogP contribution is 2.15. The first-order chi connectivity index (χ1) is 9.49. The Kier molecular flexibility index (Phi) is 4.42. The maximum absolute atomic E-state index is 11.9. The lowest BCUT2D eigenvalue weighted by atomic mass is 10.2. The van der Waals surface area contributed by atoms with E-state index >= 15 is 0 Å². The summed E-state index contributed by atoms with van der Waals surface area (Å²) in [6.07, 6.45) is 1.23. The predicted octanol–water partition coefficient (Wildman–Crippen LogP) is 2.50. The maximum Gasteiger partial charge on any atom is 0.287 e. The van der Waals surface area contributed by atoms with Crippen LogP contribution in [0.2, 0.25) is 10.0 Å². The molecule has 1 aromatic heterocycles. The van der Waals surface area contributed by atoms with E-state index in [2.05, 4.69) is 10.4 Å². The van der Waals surface area contributed by atoms with Crippen molar-refractivity contribution in [3.05, 3.63) is 56.4 Å². The van der Waals surface area contributed by atoms with Gasteiger partial charge in [0, 0.05) is 5.69 Å². The Bertz CT molecular complexity index is 713. The lowest BCUT2D eigenvalue weighted by molar-refractivity contribution is -0.117. The molecule has 1 aromatic carbocycles. The summed E-state index contributed by atoms with van der Waals surface area (Å²) in [7, 11) is 0. The van der Waals surface area contributed by atoms with Crippen LogP contribution in [-0.2, 0) is 11.3 Å². The Morgan fingerprint density at radius 2 is 2.05 bits per heavy atom. The number of carbonyl (C=O) groups is 1. The van der Waals surface area contributed by atoms with Crippen molar-refractivity contribution in [2.45, 2.75) is 13.5 Å². The van der Waals surface area contributed by atoms with Gasteiger partial charge in [0.15, 0.2) is 0 Å². The van der Waals surface area contributed by atoms with Crippen LogP contribution in [0.3, 0.4) is 0 Å². The minimum absolute atomic E-state index is 0.0622. The molecule has 0 bridgehead atoms. The molecule has 0 spiro atoms. The topological polar surface area (TPSA) is 64.0 Å². The van der Waals surface area contributed by atoms with E-state index in [1.807, 2.05) is 25.1 Å². The van der Waals surface area contributed by atoms with Crippen LogP contribution in [0.1, 0.15) is 5.56 Å². The quantitative estimate of drug-likeness (QED) is 0.947. The average molecular weight is 312 g/mol. The second-order valence-electron chi connectivity index (χ2n) is 4.13. The number of hydrogen-bond acceptors (Lipinski definition) is 3. The summed E-state index contributed by atoms with van der Waals surface area (Å²) in [4.78, 5) is 23.6. The molecule has 1 N–H and O–H groups in total. The van der Waals surface area contributed by atoms with Crippen LogP contribution in [0, 0.1) is 6.92 Å². The molecule has 0 aliphatic carbocycles. The Hall–Kier alpha value is -1.85. The number of benzene rings is 1. The normalized spacial score (nSPS) is 10.3. The smallest absolute Gasteiger partial charge is 0.287 e. The molecular weight excluding hydrogens is 301 g/mol. The molecule has 7 heteroatoms. The average Bonchev–Trinajstić information content (AvgIpc) is 2.42. The van der Waals surface area contributed by atoms with Crippen molar-refractivity contribution in [3.8, 4) is 0 Å². The molecule has 0 radical (unpaired) electrons. The highest BCUT2D eigenvalue weighted by atomic mass is 35.5. The van der Waals surface area contributed by atoms with Gasteiger partial charge in [0.1, 0.15) is 11.6 Å². The summed E-state index contributed by atoms with van der Waals surface area (Å²) in [6, 6.07) is 7.33. The molecule has 20 heavy (non-hydrogen) atoms. The van der Waals surface area contributed by atoms with Crippen molar-refractivity contribution in [3.63, 3.8) is 0 Å². The van der Waals surface area contributed by atoms with Gasteiger partial charge in [0.2, 0.25) is 5.91 Å². The second-order valence-corrected chi connectivity index (χ2v) is 4.92. The number of aryl methyl sites for hydroxylation is 1. The van der Waals surface area contributed by atoms with Crippen molar-refractivity contribution >= 4 is 34.8 Å². The maximum atomic E-state index is 11.9. The van der Waals surface area contributed by atoms with Crippen LogP contribution in [0.25, 0.3) is 0 Å². The Balaban J connectivity index is 2.15. The van der Waals surface area contributed by atoms with Crippen molar-refractivity contribution in [1.82, 2.24) is 9.78 Å². The van der Waals surface area contributed by atoms with Gasteiger partial charge < -0.3 is 5.32 Å². The predicted molar refractivity (Wildman–Crippen MR) is 78.3 cm³/mol. The third-order valence-electron chi connectivity index (χ3n) is 2.65. The number of hydrogen-bond donors (Lipinski definition) is 1. The van der Waals surface area contributed by atoms with Crippen molar-refractivity contribution in [2.24, 2.45) is 0 Å². The Morgan fingerprint density at radius 3 is 2.75 bits per heavy atom. The van der Waals surface area contributed by atoms with Gasteiger partial charge in [-0.3, -0.25) is 9.59 Å². The lowest BCUT2D eigenvalue weighted by Crippen LogP contribution is -2.30. The molecular formula is C13H11Cl2N3O2. The summed E-state index contributed by atoms with van der Waals surface area (Å²) in [5, 5.41) is 6.39. The molecule has 1 heterocycles. The molecule has 0 unspecified atom stereocenters. The van der Waals surface area contributed by atoms with Crippen LogP contribution in [0.15, 0.2) is 35.3 Å². The van der Waals surface area contributed by atoms with Gasteiger partial charge >= 0.3 is 0 Å². The standard InChI is InChI=1S/C13H11Cl2N3O2/c1-8-4-2-3-5-10(8)17-11(19)7-18-13(20)12(15)9(14)6-16-18/h2-6H,7H2,1H3,(H,17,19). The van der Waals surface area contributed by atoms with Crippen LogP contribution in [0.4, 0.5) is 5.69 Å². The van der Waals surface area contributed by atoms with Gasteiger partial charge in [-0.1, -0.05) is 41.4 Å². The van der Waals surface area contributed by atoms with Gasteiger partial charge in [-0.2, -0.15) is 5.10 Å². The largest absolute Gasteiger partial charge is 0.324 e. The van der Waals surface area contributed by atoms with E-state index in [9.17, 15) is 9.59 Å². The first kappa shape index (κ1) is 14.6. The number of amides is 1. The highest BCUT2D eigenvalue weighted by molar-refractivity contribution is 6.41. The van der Waals surface area contributed by atoms with E-state index in [0.717, 1.165) is 10.2 Å². The van der Waals surface area contributed by atoms with Crippen LogP contribution in [-0.4, -0.2) is 15.7 Å². The lowest BCUT2D eigenvalue weighted by Gasteiger charge is -2.09. The Morgan fingerprint density at radius 1 is 1.35 bits per heavy atom. The van der Waals surface area contributed by atoms with Gasteiger partial charge in [0.25, 0.3) is 5.56 Å². The van der Waals surface area contributed by atoms with Crippen molar-refractivity contribution in [2.75, 3.05) is 5.32 Å². The molecule has 5 nitrogen and oxygen atoms in total. The van der Waals surface area contributed by atoms with Gasteiger partial charge in [-0.15, -0.1) is 0 Å². The van der Waals surface area contributed by atoms with E-state index in [-0.39, 0.29) is 22.5 Å². The fraction of sp³-hybridized carbons (Fsp3) is 0.154. The molecule has 0 aliphatic heterocycles. The van der Waals surface area contributed by atoms with Crippen LogP contribution in [0.5, 0.6) is 0 Å². The molecule has 0 atom stereocenters. The summed E-state index contributed by atoms with van der Waals surface area (Å²) in [5.74, 6) is -0.368. The number of nitrogens with zero attached hydrogens (tertiary/aromatic N) is 2. The minimum atomic E-state index is -0.598. The number of aromatic nitrogens is 2. The SMILES string of the molecule is Cc1ccccc1NC(=O)Cn1ncc(Cl)c(Cl)c1=O. The Labute approximate surface area is 125 Å². The number of anilines is 1. The second kappa shape index (κ2) is 6.07. The van der Waals surface area contributed by atoms with E-state index in [0.29, 0.717) is 5.69 Å². The van der Waals surface area contributed by atoms with Gasteiger partial charge in [-0.25, -0.2) is 4.68 Å². The zero-order chi connectivity index (χ0) is 14.7. The van der Waals surface area contributed by atoms with Crippen molar-refractivity contribution < 1.29 is 4.79 Å². The number of para-hydroxylation sites is 1. The van der Waals surface area contributed by atoms with E-state index in [1.165, 1.54) is 6.20 Å². The number of halogens is 2. The monoisotopic (exact) mass is 311 g/mol. The molecule has 104 valence electrons. The van der Waals surface area contributed by atoms with E-state index < -0.39 is 5.56 Å². The molecule has 0 aliphatic rings. The summed E-state index contributed by atoms with van der Waals surface area (Å²) in [6.45, 7) is 1.64. The number of nitrogens with one attached hydrogen (secondary N) is 1. The van der Waals surface area contributed by atoms with Gasteiger partial charge in [-0.05, 0) is 18.6 Å². The third kappa shape index (κ3) is 3.18.